The topological polar surface area (TPSA) is 51.2 Å². The SMILES string of the molecule is CC=O.COC(C)c1nccc2c1CCN2. The molecule has 1 aromatic heterocycles. The van der Waals surface area contributed by atoms with Gasteiger partial charge in [0.1, 0.15) is 6.29 Å². The quantitative estimate of drug-likeness (QED) is 0.777. The van der Waals surface area contributed by atoms with Crippen LogP contribution in [0, 0.1) is 0 Å². The van der Waals surface area contributed by atoms with E-state index in [2.05, 4.69) is 10.3 Å². The van der Waals surface area contributed by atoms with Crippen LogP contribution in [-0.2, 0) is 16.0 Å². The average molecular weight is 222 g/mol. The largest absolute Gasteiger partial charge is 0.384 e. The molecular formula is C12H18N2O2. The van der Waals surface area contributed by atoms with E-state index < -0.39 is 0 Å². The van der Waals surface area contributed by atoms with Gasteiger partial charge in [0.25, 0.3) is 0 Å². The van der Waals surface area contributed by atoms with Crippen molar-refractivity contribution in [3.63, 3.8) is 0 Å². The maximum Gasteiger partial charge on any atom is 0.116 e. The van der Waals surface area contributed by atoms with Gasteiger partial charge in [0.05, 0.1) is 11.8 Å². The van der Waals surface area contributed by atoms with Crippen LogP contribution in [0.4, 0.5) is 5.69 Å². The van der Waals surface area contributed by atoms with Gasteiger partial charge in [-0.15, -0.1) is 0 Å². The molecule has 1 unspecified atom stereocenters. The first-order valence-electron chi connectivity index (χ1n) is 5.38. The second kappa shape index (κ2) is 6.23. The van der Waals surface area contributed by atoms with Crippen molar-refractivity contribution in [2.45, 2.75) is 26.4 Å². The molecule has 1 atom stereocenters. The lowest BCUT2D eigenvalue weighted by atomic mass is 10.1. The fourth-order valence-electron chi connectivity index (χ4n) is 1.72. The summed E-state index contributed by atoms with van der Waals surface area (Å²) in [4.78, 5) is 13.2. The maximum absolute atomic E-state index is 8.81. The average Bonchev–Trinajstić information content (AvgIpc) is 2.76. The van der Waals surface area contributed by atoms with E-state index >= 15 is 0 Å². The summed E-state index contributed by atoms with van der Waals surface area (Å²) in [7, 11) is 1.72. The number of hydrogen-bond donors (Lipinski definition) is 1. The number of carbonyl (C=O) groups is 1. The van der Waals surface area contributed by atoms with Crippen LogP contribution < -0.4 is 5.32 Å². The van der Waals surface area contributed by atoms with Gasteiger partial charge >= 0.3 is 0 Å². The van der Waals surface area contributed by atoms with E-state index in [1.165, 1.54) is 18.2 Å². The van der Waals surface area contributed by atoms with E-state index in [4.69, 9.17) is 9.53 Å². The minimum atomic E-state index is 0.0925. The Labute approximate surface area is 96.0 Å². The van der Waals surface area contributed by atoms with Crippen molar-refractivity contribution in [3.8, 4) is 0 Å². The molecule has 4 nitrogen and oxygen atoms in total. The van der Waals surface area contributed by atoms with Crippen LogP contribution in [0.5, 0.6) is 0 Å². The van der Waals surface area contributed by atoms with Gasteiger partial charge in [-0.1, -0.05) is 0 Å². The molecule has 0 amide bonds. The summed E-state index contributed by atoms with van der Waals surface area (Å²) in [5, 5.41) is 3.32. The highest BCUT2D eigenvalue weighted by Crippen LogP contribution is 2.28. The summed E-state index contributed by atoms with van der Waals surface area (Å²) in [5.41, 5.74) is 3.61. The van der Waals surface area contributed by atoms with Crippen molar-refractivity contribution >= 4 is 12.0 Å². The third-order valence-electron chi connectivity index (χ3n) is 2.52. The highest BCUT2D eigenvalue weighted by molar-refractivity contribution is 5.56. The van der Waals surface area contributed by atoms with Crippen LogP contribution in [0.1, 0.15) is 31.2 Å². The number of ether oxygens (including phenoxy) is 1. The van der Waals surface area contributed by atoms with E-state index in [1.54, 1.807) is 7.11 Å². The Balaban J connectivity index is 0.000000386. The Kier molecular flexibility index (Phi) is 4.92. The molecule has 0 saturated carbocycles. The van der Waals surface area contributed by atoms with Gasteiger partial charge in [0.2, 0.25) is 0 Å². The molecule has 16 heavy (non-hydrogen) atoms. The molecule has 2 heterocycles. The molecule has 0 aromatic carbocycles. The fourth-order valence-corrected chi connectivity index (χ4v) is 1.72. The number of nitrogens with one attached hydrogen (secondary N) is 1. The number of hydrogen-bond acceptors (Lipinski definition) is 4. The molecule has 0 spiro atoms. The molecule has 2 rings (SSSR count). The van der Waals surface area contributed by atoms with Crippen LogP contribution in [0.3, 0.4) is 0 Å². The molecule has 0 aliphatic carbocycles. The van der Waals surface area contributed by atoms with Crippen molar-refractivity contribution in [2.75, 3.05) is 19.0 Å². The van der Waals surface area contributed by atoms with E-state index in [0.29, 0.717) is 0 Å². The lowest BCUT2D eigenvalue weighted by Crippen LogP contribution is -2.02. The van der Waals surface area contributed by atoms with Crippen molar-refractivity contribution in [3.05, 3.63) is 23.5 Å². The molecule has 1 aliphatic rings. The zero-order valence-electron chi connectivity index (χ0n) is 9.99. The lowest BCUT2D eigenvalue weighted by molar-refractivity contribution is -0.106. The maximum atomic E-state index is 8.81. The van der Waals surface area contributed by atoms with Gasteiger partial charge in [-0.25, -0.2) is 0 Å². The summed E-state index contributed by atoms with van der Waals surface area (Å²) in [6.07, 6.45) is 3.74. The third-order valence-corrected chi connectivity index (χ3v) is 2.52. The minimum Gasteiger partial charge on any atom is -0.384 e. The molecule has 1 N–H and O–H groups in total. The molecule has 0 fully saturated rings. The highest BCUT2D eigenvalue weighted by atomic mass is 16.5. The molecule has 1 aliphatic heterocycles. The number of aldehydes is 1. The zero-order valence-corrected chi connectivity index (χ0v) is 9.99. The third kappa shape index (κ3) is 2.79. The number of fused-ring (bicyclic) bond motifs is 1. The predicted molar refractivity (Wildman–Crippen MR) is 63.6 cm³/mol. The minimum absolute atomic E-state index is 0.0925. The Bertz CT molecular complexity index is 353. The standard InChI is InChI=1S/C10H14N2O.C2H4O/c1-7(13-2)10-8-3-5-11-9(8)4-6-12-10;1-2-3/h4,6-7,11H,3,5H2,1-2H3;2H,1H3. The molecule has 0 bridgehead atoms. The first kappa shape index (κ1) is 12.6. The number of carbonyl (C=O) groups excluding carboxylic acids is 1. The lowest BCUT2D eigenvalue weighted by Gasteiger charge is -2.12. The van der Waals surface area contributed by atoms with Crippen LogP contribution in [0.2, 0.25) is 0 Å². The Hall–Kier alpha value is -1.42. The second-order valence-corrected chi connectivity index (χ2v) is 3.51. The number of nitrogens with zero attached hydrogens (tertiary/aromatic N) is 1. The number of methoxy groups -OCH3 is 1. The van der Waals surface area contributed by atoms with Crippen LogP contribution in [-0.4, -0.2) is 24.9 Å². The van der Waals surface area contributed by atoms with Gasteiger partial charge in [0, 0.05) is 31.1 Å². The van der Waals surface area contributed by atoms with E-state index in [-0.39, 0.29) is 6.10 Å². The second-order valence-electron chi connectivity index (χ2n) is 3.51. The van der Waals surface area contributed by atoms with Crippen LogP contribution >= 0.6 is 0 Å². The normalized spacial score (nSPS) is 14.2. The zero-order chi connectivity index (χ0) is 12.0. The Morgan fingerprint density at radius 1 is 1.62 bits per heavy atom. The van der Waals surface area contributed by atoms with Crippen molar-refractivity contribution < 1.29 is 9.53 Å². The number of pyridine rings is 1. The summed E-state index contributed by atoms with van der Waals surface area (Å²) < 4.78 is 5.27. The van der Waals surface area contributed by atoms with Gasteiger partial charge in [0.15, 0.2) is 0 Å². The van der Waals surface area contributed by atoms with Gasteiger partial charge < -0.3 is 14.8 Å². The Morgan fingerprint density at radius 3 is 2.94 bits per heavy atom. The Morgan fingerprint density at radius 2 is 2.31 bits per heavy atom. The summed E-state index contributed by atoms with van der Waals surface area (Å²) in [5.74, 6) is 0. The van der Waals surface area contributed by atoms with Crippen molar-refractivity contribution in [1.82, 2.24) is 4.98 Å². The number of anilines is 1. The van der Waals surface area contributed by atoms with Crippen LogP contribution in [0.25, 0.3) is 0 Å². The molecule has 88 valence electrons. The highest BCUT2D eigenvalue weighted by Gasteiger charge is 2.18. The van der Waals surface area contributed by atoms with E-state index in [0.717, 1.165) is 24.9 Å². The molecule has 1 aromatic rings. The fraction of sp³-hybridized carbons (Fsp3) is 0.500. The molecule has 4 heteroatoms. The van der Waals surface area contributed by atoms with E-state index in [1.807, 2.05) is 19.2 Å². The van der Waals surface area contributed by atoms with Crippen molar-refractivity contribution in [1.29, 1.82) is 0 Å². The van der Waals surface area contributed by atoms with E-state index in [9.17, 15) is 0 Å². The predicted octanol–water partition coefficient (Wildman–Crippen LogP) is 1.96. The van der Waals surface area contributed by atoms with Gasteiger partial charge in [-0.3, -0.25) is 4.98 Å². The van der Waals surface area contributed by atoms with Crippen molar-refractivity contribution in [2.24, 2.45) is 0 Å². The monoisotopic (exact) mass is 222 g/mol. The number of rotatable bonds is 2. The molecule has 0 saturated heterocycles. The first-order chi connectivity index (χ1) is 7.74. The van der Waals surface area contributed by atoms with Gasteiger partial charge in [-0.05, 0) is 26.3 Å². The first-order valence-corrected chi connectivity index (χ1v) is 5.38. The summed E-state index contributed by atoms with van der Waals surface area (Å²) in [6, 6.07) is 2.02. The summed E-state index contributed by atoms with van der Waals surface area (Å²) in [6.45, 7) is 4.49. The molecular weight excluding hydrogens is 204 g/mol. The smallest absolute Gasteiger partial charge is 0.116 e. The molecule has 0 radical (unpaired) electrons. The number of aromatic nitrogens is 1. The van der Waals surface area contributed by atoms with Crippen LogP contribution in [0.15, 0.2) is 12.3 Å². The van der Waals surface area contributed by atoms with Gasteiger partial charge in [-0.2, -0.15) is 0 Å². The summed E-state index contributed by atoms with van der Waals surface area (Å²) >= 11 is 0.